The summed E-state index contributed by atoms with van der Waals surface area (Å²) in [6.45, 7) is 0.119. The average molecular weight is 172 g/mol. The van der Waals surface area contributed by atoms with E-state index in [0.29, 0.717) is 6.42 Å². The summed E-state index contributed by atoms with van der Waals surface area (Å²) in [7, 11) is 0. The van der Waals surface area contributed by atoms with Crippen molar-refractivity contribution in [3.63, 3.8) is 0 Å². The van der Waals surface area contributed by atoms with Gasteiger partial charge in [-0.05, 0) is 25.2 Å². The molecule has 12 heavy (non-hydrogen) atoms. The van der Waals surface area contributed by atoms with Gasteiger partial charge in [0, 0.05) is 6.61 Å². The van der Waals surface area contributed by atoms with Crippen molar-refractivity contribution in [2.45, 2.75) is 32.1 Å². The van der Waals surface area contributed by atoms with Gasteiger partial charge in [0.25, 0.3) is 0 Å². The van der Waals surface area contributed by atoms with Crippen LogP contribution in [0.1, 0.15) is 32.1 Å². The minimum absolute atomic E-state index is 0.119. The predicted octanol–water partition coefficient (Wildman–Crippen LogP) is 1.26. The third-order valence-corrected chi connectivity index (χ3v) is 2.73. The van der Waals surface area contributed by atoms with Gasteiger partial charge < -0.3 is 10.2 Å². The topological polar surface area (TPSA) is 57.5 Å². The lowest BCUT2D eigenvalue weighted by Crippen LogP contribution is -2.27. The summed E-state index contributed by atoms with van der Waals surface area (Å²) in [5.41, 5.74) is 0. The molecule has 0 bridgehead atoms. The van der Waals surface area contributed by atoms with Gasteiger partial charge in [-0.2, -0.15) is 0 Å². The quantitative estimate of drug-likeness (QED) is 0.673. The van der Waals surface area contributed by atoms with E-state index < -0.39 is 5.97 Å². The van der Waals surface area contributed by atoms with Crippen molar-refractivity contribution >= 4 is 5.97 Å². The van der Waals surface area contributed by atoms with Gasteiger partial charge in [0.05, 0.1) is 5.92 Å². The molecule has 3 nitrogen and oxygen atoms in total. The Bertz CT molecular complexity index is 154. The number of carboxylic acids is 1. The van der Waals surface area contributed by atoms with Gasteiger partial charge in [-0.1, -0.05) is 12.8 Å². The number of hydrogen-bond donors (Lipinski definition) is 2. The molecule has 2 atom stereocenters. The van der Waals surface area contributed by atoms with E-state index in [2.05, 4.69) is 0 Å². The van der Waals surface area contributed by atoms with E-state index in [-0.39, 0.29) is 18.4 Å². The van der Waals surface area contributed by atoms with Gasteiger partial charge >= 0.3 is 5.97 Å². The smallest absolute Gasteiger partial charge is 0.306 e. The molecule has 1 aliphatic rings. The number of aliphatic hydroxyl groups excluding tert-OH is 1. The lowest BCUT2D eigenvalue weighted by molar-refractivity contribution is -0.145. The van der Waals surface area contributed by atoms with Gasteiger partial charge in [-0.15, -0.1) is 0 Å². The van der Waals surface area contributed by atoms with Crippen molar-refractivity contribution < 1.29 is 15.0 Å². The van der Waals surface area contributed by atoms with Gasteiger partial charge in [-0.25, -0.2) is 0 Å². The molecule has 0 heterocycles. The normalized spacial score (nSPS) is 30.1. The highest BCUT2D eigenvalue weighted by molar-refractivity contribution is 5.70. The molecule has 0 aromatic rings. The molecular weight excluding hydrogens is 156 g/mol. The van der Waals surface area contributed by atoms with E-state index in [0.717, 1.165) is 25.7 Å². The second-order valence-corrected chi connectivity index (χ2v) is 3.50. The first-order valence-electron chi connectivity index (χ1n) is 4.59. The van der Waals surface area contributed by atoms with Gasteiger partial charge in [0.1, 0.15) is 0 Å². The number of carbonyl (C=O) groups is 1. The number of rotatable bonds is 3. The molecule has 1 saturated carbocycles. The summed E-state index contributed by atoms with van der Waals surface area (Å²) >= 11 is 0. The van der Waals surface area contributed by atoms with E-state index >= 15 is 0 Å². The molecule has 70 valence electrons. The highest BCUT2D eigenvalue weighted by atomic mass is 16.4. The van der Waals surface area contributed by atoms with Crippen molar-refractivity contribution in [3.8, 4) is 0 Å². The molecule has 0 amide bonds. The second-order valence-electron chi connectivity index (χ2n) is 3.50. The zero-order valence-electron chi connectivity index (χ0n) is 7.20. The zero-order chi connectivity index (χ0) is 8.97. The maximum atomic E-state index is 10.8. The predicted molar refractivity (Wildman–Crippen MR) is 44.8 cm³/mol. The fourth-order valence-electron chi connectivity index (χ4n) is 2.04. The largest absolute Gasteiger partial charge is 0.481 e. The monoisotopic (exact) mass is 172 g/mol. The third kappa shape index (κ3) is 2.21. The highest BCUT2D eigenvalue weighted by Gasteiger charge is 2.29. The Hall–Kier alpha value is -0.570. The first kappa shape index (κ1) is 9.52. The van der Waals surface area contributed by atoms with Crippen LogP contribution in [0.15, 0.2) is 0 Å². The molecule has 0 aromatic carbocycles. The SMILES string of the molecule is O=C(O)C1CCCCC1CCO. The molecule has 3 heteroatoms. The lowest BCUT2D eigenvalue weighted by Gasteiger charge is -2.27. The zero-order valence-corrected chi connectivity index (χ0v) is 7.20. The summed E-state index contributed by atoms with van der Waals surface area (Å²) in [6, 6.07) is 0. The molecular formula is C9H16O3. The molecule has 2 unspecified atom stereocenters. The first-order chi connectivity index (χ1) is 5.75. The lowest BCUT2D eigenvalue weighted by atomic mass is 9.78. The summed E-state index contributed by atoms with van der Waals surface area (Å²) in [5.74, 6) is -0.680. The van der Waals surface area contributed by atoms with Gasteiger partial charge in [-0.3, -0.25) is 4.79 Å². The Morgan fingerprint density at radius 2 is 2.00 bits per heavy atom. The van der Waals surface area contributed by atoms with Crippen molar-refractivity contribution in [1.82, 2.24) is 0 Å². The Morgan fingerprint density at radius 3 is 2.58 bits per heavy atom. The maximum Gasteiger partial charge on any atom is 0.306 e. The molecule has 1 aliphatic carbocycles. The minimum Gasteiger partial charge on any atom is -0.481 e. The standard InChI is InChI=1S/C9H16O3/c10-6-5-7-3-1-2-4-8(7)9(11)12/h7-8,10H,1-6H2,(H,11,12). The third-order valence-electron chi connectivity index (χ3n) is 2.73. The van der Waals surface area contributed by atoms with Crippen LogP contribution in [0.25, 0.3) is 0 Å². The molecule has 1 fully saturated rings. The van der Waals surface area contributed by atoms with Crippen LogP contribution in [0.4, 0.5) is 0 Å². The summed E-state index contributed by atoms with van der Waals surface area (Å²) in [6.07, 6.45) is 4.56. The molecule has 0 aromatic heterocycles. The molecule has 0 saturated heterocycles. The van der Waals surface area contributed by atoms with Crippen LogP contribution in [0, 0.1) is 11.8 Å². The van der Waals surface area contributed by atoms with Crippen LogP contribution in [-0.2, 0) is 4.79 Å². The van der Waals surface area contributed by atoms with Crippen molar-refractivity contribution in [2.24, 2.45) is 11.8 Å². The van der Waals surface area contributed by atoms with E-state index in [1.165, 1.54) is 0 Å². The second kappa shape index (κ2) is 4.45. The fraction of sp³-hybridized carbons (Fsp3) is 0.889. The average Bonchev–Trinajstić information content (AvgIpc) is 2.05. The summed E-state index contributed by atoms with van der Waals surface area (Å²) in [5, 5.41) is 17.6. The summed E-state index contributed by atoms with van der Waals surface area (Å²) in [4.78, 5) is 10.8. The highest BCUT2D eigenvalue weighted by Crippen LogP contribution is 2.32. The fourth-order valence-corrected chi connectivity index (χ4v) is 2.04. The van der Waals surface area contributed by atoms with E-state index in [9.17, 15) is 4.79 Å². The molecule has 1 rings (SSSR count). The Kier molecular flexibility index (Phi) is 3.53. The minimum atomic E-state index is -0.687. The molecule has 2 N–H and O–H groups in total. The van der Waals surface area contributed by atoms with Gasteiger partial charge in [0.15, 0.2) is 0 Å². The van der Waals surface area contributed by atoms with Crippen LogP contribution in [0.3, 0.4) is 0 Å². The number of hydrogen-bond acceptors (Lipinski definition) is 2. The van der Waals surface area contributed by atoms with Gasteiger partial charge in [0.2, 0.25) is 0 Å². The van der Waals surface area contributed by atoms with Crippen molar-refractivity contribution in [2.75, 3.05) is 6.61 Å². The van der Waals surface area contributed by atoms with Crippen LogP contribution in [0.5, 0.6) is 0 Å². The van der Waals surface area contributed by atoms with Crippen molar-refractivity contribution in [1.29, 1.82) is 0 Å². The maximum absolute atomic E-state index is 10.8. The van der Waals surface area contributed by atoms with Crippen LogP contribution < -0.4 is 0 Å². The number of carboxylic acid groups (broad SMARTS) is 1. The Balaban J connectivity index is 2.48. The Morgan fingerprint density at radius 1 is 1.33 bits per heavy atom. The van der Waals surface area contributed by atoms with E-state index in [1.54, 1.807) is 0 Å². The molecule has 0 spiro atoms. The van der Waals surface area contributed by atoms with Crippen LogP contribution in [0.2, 0.25) is 0 Å². The first-order valence-corrected chi connectivity index (χ1v) is 4.59. The number of aliphatic carboxylic acids is 1. The van der Waals surface area contributed by atoms with Crippen LogP contribution >= 0.6 is 0 Å². The number of aliphatic hydroxyl groups is 1. The van der Waals surface area contributed by atoms with E-state index in [4.69, 9.17) is 10.2 Å². The molecule has 0 aliphatic heterocycles. The molecule has 0 radical (unpaired) electrons. The van der Waals surface area contributed by atoms with E-state index in [1.807, 2.05) is 0 Å². The van der Waals surface area contributed by atoms with Crippen molar-refractivity contribution in [3.05, 3.63) is 0 Å². The summed E-state index contributed by atoms with van der Waals surface area (Å²) < 4.78 is 0. The van der Waals surface area contributed by atoms with Crippen LogP contribution in [-0.4, -0.2) is 22.8 Å². The Labute approximate surface area is 72.4 Å².